The van der Waals surface area contributed by atoms with E-state index in [1.165, 1.54) is 30.5 Å². The van der Waals surface area contributed by atoms with E-state index in [9.17, 15) is 14.7 Å². The summed E-state index contributed by atoms with van der Waals surface area (Å²) in [4.78, 5) is 35.1. The van der Waals surface area contributed by atoms with Crippen molar-refractivity contribution in [2.45, 2.75) is 0 Å². The number of rotatable bonds is 4. The standard InChI is InChI=1S/C17H11N3O4/c21-16(22)10-4-6-19-13(7-10)15-9-11(17(23)24)8-14(20-15)12-3-1-2-5-18-12/h1-9H,(H,21,22)(H,23,24). The summed E-state index contributed by atoms with van der Waals surface area (Å²) in [5.74, 6) is -2.22. The minimum absolute atomic E-state index is 0.0168. The third kappa shape index (κ3) is 3.09. The van der Waals surface area contributed by atoms with Crippen LogP contribution in [0.2, 0.25) is 0 Å². The van der Waals surface area contributed by atoms with E-state index in [1.807, 2.05) is 0 Å². The lowest BCUT2D eigenvalue weighted by Gasteiger charge is -2.07. The van der Waals surface area contributed by atoms with Crippen molar-refractivity contribution in [2.24, 2.45) is 0 Å². The van der Waals surface area contributed by atoms with Gasteiger partial charge < -0.3 is 10.2 Å². The summed E-state index contributed by atoms with van der Waals surface area (Å²) in [6.07, 6.45) is 2.92. The Morgan fingerprint density at radius 1 is 0.708 bits per heavy atom. The molecule has 0 fully saturated rings. The van der Waals surface area contributed by atoms with Gasteiger partial charge in [-0.05, 0) is 36.4 Å². The minimum Gasteiger partial charge on any atom is -0.478 e. The first kappa shape index (κ1) is 15.3. The van der Waals surface area contributed by atoms with Gasteiger partial charge in [0.25, 0.3) is 0 Å². The SMILES string of the molecule is O=C(O)c1ccnc(-c2cc(C(=O)O)cc(-c3ccccn3)n2)c1. The molecule has 118 valence electrons. The number of hydrogen-bond donors (Lipinski definition) is 2. The molecule has 3 aromatic rings. The van der Waals surface area contributed by atoms with Crippen LogP contribution in [0.15, 0.2) is 54.9 Å². The molecule has 3 aromatic heterocycles. The van der Waals surface area contributed by atoms with E-state index in [0.717, 1.165) is 0 Å². The average Bonchev–Trinajstić information content (AvgIpc) is 2.62. The lowest BCUT2D eigenvalue weighted by molar-refractivity contribution is 0.0686. The van der Waals surface area contributed by atoms with Crippen molar-refractivity contribution in [1.82, 2.24) is 15.0 Å². The van der Waals surface area contributed by atoms with Crippen LogP contribution in [0.25, 0.3) is 22.8 Å². The molecule has 24 heavy (non-hydrogen) atoms. The van der Waals surface area contributed by atoms with Crippen LogP contribution in [0.4, 0.5) is 0 Å². The van der Waals surface area contributed by atoms with E-state index in [-0.39, 0.29) is 22.5 Å². The molecule has 0 aliphatic heterocycles. The number of hydrogen-bond acceptors (Lipinski definition) is 5. The largest absolute Gasteiger partial charge is 0.478 e. The summed E-state index contributed by atoms with van der Waals surface area (Å²) < 4.78 is 0. The molecule has 0 amide bonds. The fourth-order valence-electron chi connectivity index (χ4n) is 2.13. The third-order valence-electron chi connectivity index (χ3n) is 3.27. The van der Waals surface area contributed by atoms with Crippen molar-refractivity contribution in [1.29, 1.82) is 0 Å². The quantitative estimate of drug-likeness (QED) is 0.759. The first-order chi connectivity index (χ1) is 11.5. The molecule has 0 unspecified atom stereocenters. The van der Waals surface area contributed by atoms with Crippen LogP contribution in [0.5, 0.6) is 0 Å². The fourth-order valence-corrected chi connectivity index (χ4v) is 2.13. The zero-order chi connectivity index (χ0) is 17.1. The van der Waals surface area contributed by atoms with Gasteiger partial charge in [-0.1, -0.05) is 6.07 Å². The maximum atomic E-state index is 11.4. The summed E-state index contributed by atoms with van der Waals surface area (Å²) in [5, 5.41) is 18.4. The highest BCUT2D eigenvalue weighted by Crippen LogP contribution is 2.23. The highest BCUT2D eigenvalue weighted by molar-refractivity contribution is 5.91. The van der Waals surface area contributed by atoms with E-state index in [4.69, 9.17) is 5.11 Å². The molecular weight excluding hydrogens is 310 g/mol. The van der Waals surface area contributed by atoms with Gasteiger partial charge in [-0.3, -0.25) is 9.97 Å². The topological polar surface area (TPSA) is 113 Å². The third-order valence-corrected chi connectivity index (χ3v) is 3.27. The molecule has 0 aliphatic rings. The van der Waals surface area contributed by atoms with Crippen LogP contribution < -0.4 is 0 Å². The normalized spacial score (nSPS) is 10.3. The van der Waals surface area contributed by atoms with E-state index in [0.29, 0.717) is 11.4 Å². The molecule has 0 saturated heterocycles. The molecule has 7 heteroatoms. The molecule has 2 N–H and O–H groups in total. The number of aromatic nitrogens is 3. The molecule has 3 heterocycles. The van der Waals surface area contributed by atoms with Gasteiger partial charge in [0.1, 0.15) is 0 Å². The van der Waals surface area contributed by atoms with Gasteiger partial charge in [-0.25, -0.2) is 14.6 Å². The molecule has 0 radical (unpaired) electrons. The van der Waals surface area contributed by atoms with E-state index >= 15 is 0 Å². The smallest absolute Gasteiger partial charge is 0.335 e. The molecule has 7 nitrogen and oxygen atoms in total. The van der Waals surface area contributed by atoms with Gasteiger partial charge in [0.2, 0.25) is 0 Å². The summed E-state index contributed by atoms with van der Waals surface area (Å²) in [5.41, 5.74) is 1.48. The Hall–Kier alpha value is -3.61. The van der Waals surface area contributed by atoms with Crippen LogP contribution in [0.3, 0.4) is 0 Å². The van der Waals surface area contributed by atoms with Gasteiger partial charge in [0, 0.05) is 12.4 Å². The van der Waals surface area contributed by atoms with Gasteiger partial charge in [0.15, 0.2) is 0 Å². The maximum absolute atomic E-state index is 11.4. The number of carboxylic acid groups (broad SMARTS) is 2. The predicted molar refractivity (Wildman–Crippen MR) is 84.6 cm³/mol. The Labute approximate surface area is 136 Å². The summed E-state index contributed by atoms with van der Waals surface area (Å²) in [6, 6.07) is 10.7. The minimum atomic E-state index is -1.12. The van der Waals surface area contributed by atoms with Gasteiger partial charge in [0.05, 0.1) is 33.9 Å². The highest BCUT2D eigenvalue weighted by atomic mass is 16.4. The number of aromatic carboxylic acids is 2. The van der Waals surface area contributed by atoms with Crippen LogP contribution in [-0.2, 0) is 0 Å². The summed E-state index contributed by atoms with van der Waals surface area (Å²) in [7, 11) is 0. The number of carboxylic acids is 2. The molecular formula is C17H11N3O4. The lowest BCUT2D eigenvalue weighted by Crippen LogP contribution is -2.02. The molecule has 0 bridgehead atoms. The Balaban J connectivity index is 2.17. The first-order valence-electron chi connectivity index (χ1n) is 6.91. The molecule has 0 saturated carbocycles. The Morgan fingerprint density at radius 3 is 1.96 bits per heavy atom. The second kappa shape index (κ2) is 6.25. The predicted octanol–water partition coefficient (Wildman–Crippen LogP) is 2.60. The monoisotopic (exact) mass is 321 g/mol. The van der Waals surface area contributed by atoms with Crippen molar-refractivity contribution in [3.8, 4) is 22.8 Å². The number of pyridine rings is 3. The Morgan fingerprint density at radius 2 is 1.33 bits per heavy atom. The molecule has 0 aromatic carbocycles. The lowest BCUT2D eigenvalue weighted by atomic mass is 10.1. The zero-order valence-corrected chi connectivity index (χ0v) is 12.2. The van der Waals surface area contributed by atoms with Gasteiger partial charge in [-0.15, -0.1) is 0 Å². The van der Waals surface area contributed by atoms with Crippen LogP contribution >= 0.6 is 0 Å². The van der Waals surface area contributed by atoms with Crippen molar-refractivity contribution < 1.29 is 19.8 Å². The molecule has 0 spiro atoms. The second-order valence-corrected chi connectivity index (χ2v) is 4.88. The maximum Gasteiger partial charge on any atom is 0.335 e. The van der Waals surface area contributed by atoms with Crippen molar-refractivity contribution in [3.63, 3.8) is 0 Å². The number of carbonyl (C=O) groups is 2. The van der Waals surface area contributed by atoms with Crippen LogP contribution in [0.1, 0.15) is 20.7 Å². The zero-order valence-electron chi connectivity index (χ0n) is 12.2. The fraction of sp³-hybridized carbons (Fsp3) is 0. The Kier molecular flexibility index (Phi) is 3.98. The van der Waals surface area contributed by atoms with E-state index in [2.05, 4.69) is 15.0 Å². The van der Waals surface area contributed by atoms with Crippen molar-refractivity contribution in [2.75, 3.05) is 0 Å². The Bertz CT molecular complexity index is 926. The van der Waals surface area contributed by atoms with Crippen LogP contribution in [0, 0.1) is 0 Å². The average molecular weight is 321 g/mol. The van der Waals surface area contributed by atoms with Crippen LogP contribution in [-0.4, -0.2) is 37.1 Å². The van der Waals surface area contributed by atoms with Gasteiger partial charge >= 0.3 is 11.9 Å². The van der Waals surface area contributed by atoms with E-state index in [1.54, 1.807) is 24.4 Å². The van der Waals surface area contributed by atoms with Crippen molar-refractivity contribution in [3.05, 3.63) is 66.0 Å². The van der Waals surface area contributed by atoms with Gasteiger partial charge in [-0.2, -0.15) is 0 Å². The number of nitrogens with zero attached hydrogens (tertiary/aromatic N) is 3. The summed E-state index contributed by atoms with van der Waals surface area (Å²) >= 11 is 0. The summed E-state index contributed by atoms with van der Waals surface area (Å²) in [6.45, 7) is 0. The first-order valence-corrected chi connectivity index (χ1v) is 6.91. The highest BCUT2D eigenvalue weighted by Gasteiger charge is 2.14. The van der Waals surface area contributed by atoms with E-state index < -0.39 is 11.9 Å². The van der Waals surface area contributed by atoms with Crippen molar-refractivity contribution >= 4 is 11.9 Å². The molecule has 0 aliphatic carbocycles. The molecule has 3 rings (SSSR count). The second-order valence-electron chi connectivity index (χ2n) is 4.88. The molecule has 0 atom stereocenters.